The summed E-state index contributed by atoms with van der Waals surface area (Å²) in [5, 5.41) is 3.33. The van der Waals surface area contributed by atoms with Crippen molar-refractivity contribution >= 4 is 33.1 Å². The highest BCUT2D eigenvalue weighted by Gasteiger charge is 2.48. The number of pyridine rings is 1. The van der Waals surface area contributed by atoms with Crippen LogP contribution in [0.1, 0.15) is 40.2 Å². The maximum absolute atomic E-state index is 12.6. The van der Waals surface area contributed by atoms with Crippen LogP contribution in [0, 0.1) is 0 Å². The van der Waals surface area contributed by atoms with E-state index in [1.54, 1.807) is 12.3 Å². The van der Waals surface area contributed by atoms with Crippen LogP contribution in [-0.2, 0) is 21.3 Å². The second-order valence-electron chi connectivity index (χ2n) is 8.80. The zero-order valence-corrected chi connectivity index (χ0v) is 21.5. The second kappa shape index (κ2) is 10.9. The molecule has 0 fully saturated rings. The standard InChI is InChI=1S/C26H26F3N3O5S/c1-32(19-6-9-21(10-7-19)37-38(34,35)26(27,28)29)20-8-11-22-17(14-20)4-3-5-18(22)15-31-24-16-30-13-12-23(24)25(33)36-2/h6-14,16,18,31H,3-5,15H2,1-2H3/t18-/m0/s1. The molecule has 0 spiro atoms. The fourth-order valence-electron chi connectivity index (χ4n) is 4.43. The quantitative estimate of drug-likeness (QED) is 0.227. The van der Waals surface area contributed by atoms with Gasteiger partial charge in [-0.05, 0) is 72.9 Å². The third-order valence-corrected chi connectivity index (χ3v) is 7.41. The lowest BCUT2D eigenvalue weighted by atomic mass is 9.82. The maximum atomic E-state index is 12.6. The number of ether oxygens (including phenoxy) is 1. The van der Waals surface area contributed by atoms with Crippen LogP contribution in [0.15, 0.2) is 60.9 Å². The van der Waals surface area contributed by atoms with Gasteiger partial charge in [-0.2, -0.15) is 21.6 Å². The van der Waals surface area contributed by atoms with E-state index < -0.39 is 27.3 Å². The molecule has 1 atom stereocenters. The van der Waals surface area contributed by atoms with E-state index in [0.717, 1.165) is 24.9 Å². The van der Waals surface area contributed by atoms with Gasteiger partial charge in [0.25, 0.3) is 0 Å². The van der Waals surface area contributed by atoms with Gasteiger partial charge in [-0.25, -0.2) is 4.79 Å². The van der Waals surface area contributed by atoms with Crippen LogP contribution in [0.4, 0.5) is 30.2 Å². The molecular weight excluding hydrogens is 523 g/mol. The number of aromatic nitrogens is 1. The Kier molecular flexibility index (Phi) is 7.81. The van der Waals surface area contributed by atoms with Crippen molar-refractivity contribution in [3.05, 3.63) is 77.6 Å². The predicted molar refractivity (Wildman–Crippen MR) is 136 cm³/mol. The first-order valence-electron chi connectivity index (χ1n) is 11.7. The van der Waals surface area contributed by atoms with E-state index >= 15 is 0 Å². The molecule has 1 N–H and O–H groups in total. The summed E-state index contributed by atoms with van der Waals surface area (Å²) in [6, 6.07) is 13.0. The highest BCUT2D eigenvalue weighted by molar-refractivity contribution is 7.88. The number of anilines is 3. The molecule has 1 aliphatic rings. The van der Waals surface area contributed by atoms with Crippen molar-refractivity contribution in [1.29, 1.82) is 0 Å². The Balaban J connectivity index is 1.47. The number of esters is 1. The van der Waals surface area contributed by atoms with E-state index in [2.05, 4.69) is 26.6 Å². The normalized spacial score (nSPS) is 15.3. The van der Waals surface area contributed by atoms with Gasteiger partial charge in [-0.3, -0.25) is 4.98 Å². The van der Waals surface area contributed by atoms with E-state index in [1.807, 2.05) is 18.0 Å². The highest BCUT2D eigenvalue weighted by atomic mass is 32.2. The van der Waals surface area contributed by atoms with Crippen molar-refractivity contribution in [2.45, 2.75) is 30.7 Å². The molecule has 0 saturated heterocycles. The van der Waals surface area contributed by atoms with Crippen LogP contribution in [0.25, 0.3) is 0 Å². The van der Waals surface area contributed by atoms with Crippen LogP contribution >= 0.6 is 0 Å². The van der Waals surface area contributed by atoms with Gasteiger partial charge in [0.15, 0.2) is 0 Å². The Hall–Kier alpha value is -3.80. The molecule has 3 aromatic rings. The summed E-state index contributed by atoms with van der Waals surface area (Å²) in [6.45, 7) is 0.611. The Morgan fingerprint density at radius 1 is 1.13 bits per heavy atom. The van der Waals surface area contributed by atoms with Gasteiger partial charge in [0, 0.05) is 37.1 Å². The molecule has 38 heavy (non-hydrogen) atoms. The number of benzene rings is 2. The summed E-state index contributed by atoms with van der Waals surface area (Å²) in [7, 11) is -2.59. The number of alkyl halides is 3. The summed E-state index contributed by atoms with van der Waals surface area (Å²) >= 11 is 0. The van der Waals surface area contributed by atoms with Gasteiger partial charge in [0.1, 0.15) is 5.75 Å². The number of carbonyl (C=O) groups excluding carboxylic acids is 1. The van der Waals surface area contributed by atoms with E-state index in [0.29, 0.717) is 23.5 Å². The molecule has 0 aliphatic heterocycles. The fourth-order valence-corrected chi connectivity index (χ4v) is 4.89. The van der Waals surface area contributed by atoms with Crippen molar-refractivity contribution in [1.82, 2.24) is 4.98 Å². The number of hydrogen-bond acceptors (Lipinski definition) is 8. The lowest BCUT2D eigenvalue weighted by Crippen LogP contribution is -2.28. The van der Waals surface area contributed by atoms with E-state index in [9.17, 15) is 26.4 Å². The number of halogens is 3. The van der Waals surface area contributed by atoms with Crippen molar-refractivity contribution in [3.8, 4) is 5.75 Å². The summed E-state index contributed by atoms with van der Waals surface area (Å²) in [6.07, 6.45) is 6.00. The maximum Gasteiger partial charge on any atom is 0.534 e. The lowest BCUT2D eigenvalue weighted by molar-refractivity contribution is -0.0500. The molecule has 1 aromatic heterocycles. The highest BCUT2D eigenvalue weighted by Crippen LogP contribution is 2.36. The summed E-state index contributed by atoms with van der Waals surface area (Å²) in [4.78, 5) is 18.0. The molecule has 2 aromatic carbocycles. The molecule has 0 radical (unpaired) electrons. The average Bonchev–Trinajstić information content (AvgIpc) is 2.90. The predicted octanol–water partition coefficient (Wildman–Crippen LogP) is 5.40. The van der Waals surface area contributed by atoms with Crippen LogP contribution in [0.5, 0.6) is 5.75 Å². The largest absolute Gasteiger partial charge is 0.534 e. The number of fused-ring (bicyclic) bond motifs is 1. The molecule has 8 nitrogen and oxygen atoms in total. The summed E-state index contributed by atoms with van der Waals surface area (Å²) in [5.41, 5.74) is -0.577. The number of rotatable bonds is 8. The van der Waals surface area contributed by atoms with Crippen molar-refractivity contribution in [3.63, 3.8) is 0 Å². The van der Waals surface area contributed by atoms with Crippen LogP contribution < -0.4 is 14.4 Å². The Morgan fingerprint density at radius 2 is 1.84 bits per heavy atom. The Bertz CT molecular complexity index is 1410. The van der Waals surface area contributed by atoms with Gasteiger partial charge in [0.2, 0.25) is 0 Å². The van der Waals surface area contributed by atoms with E-state index in [4.69, 9.17) is 4.74 Å². The van der Waals surface area contributed by atoms with Crippen molar-refractivity contribution < 1.29 is 35.3 Å². The van der Waals surface area contributed by atoms with E-state index in [-0.39, 0.29) is 5.92 Å². The van der Waals surface area contributed by atoms with Gasteiger partial charge < -0.3 is 19.1 Å². The number of nitrogens with one attached hydrogen (secondary N) is 1. The average molecular weight is 550 g/mol. The zero-order chi connectivity index (χ0) is 27.5. The fraction of sp³-hybridized carbons (Fsp3) is 0.308. The smallest absolute Gasteiger partial charge is 0.465 e. The Morgan fingerprint density at radius 3 is 2.53 bits per heavy atom. The third kappa shape index (κ3) is 5.85. The molecule has 1 heterocycles. The molecule has 202 valence electrons. The molecular formula is C26H26F3N3O5S. The third-order valence-electron chi connectivity index (χ3n) is 6.43. The minimum atomic E-state index is -5.73. The van der Waals surface area contributed by atoms with Crippen molar-refractivity contribution in [2.75, 3.05) is 30.9 Å². The Labute approximate surface area is 218 Å². The summed E-state index contributed by atoms with van der Waals surface area (Å²) < 4.78 is 69.2. The minimum absolute atomic E-state index is 0.218. The number of methoxy groups -OCH3 is 1. The first-order valence-corrected chi connectivity index (χ1v) is 13.1. The zero-order valence-electron chi connectivity index (χ0n) is 20.7. The molecule has 0 unspecified atom stereocenters. The minimum Gasteiger partial charge on any atom is -0.465 e. The topological polar surface area (TPSA) is 97.8 Å². The van der Waals surface area contributed by atoms with Crippen LogP contribution in [0.2, 0.25) is 0 Å². The van der Waals surface area contributed by atoms with Crippen LogP contribution in [-0.4, -0.2) is 45.6 Å². The SMILES string of the molecule is COC(=O)c1ccncc1NC[C@@H]1CCCc2cc(N(C)c3ccc(OS(=O)(=O)C(F)(F)F)cc3)ccc21. The molecule has 0 bridgehead atoms. The first-order chi connectivity index (χ1) is 18.0. The van der Waals surface area contributed by atoms with Crippen molar-refractivity contribution in [2.24, 2.45) is 0 Å². The number of aryl methyl sites for hydroxylation is 1. The number of hydrogen-bond donors (Lipinski definition) is 1. The first kappa shape index (κ1) is 27.2. The van der Waals surface area contributed by atoms with Gasteiger partial charge in [-0.1, -0.05) is 6.07 Å². The van der Waals surface area contributed by atoms with Gasteiger partial charge in [0.05, 0.1) is 24.6 Å². The number of nitrogens with zero attached hydrogens (tertiary/aromatic N) is 2. The van der Waals surface area contributed by atoms with E-state index in [1.165, 1.54) is 48.7 Å². The molecule has 12 heteroatoms. The van der Waals surface area contributed by atoms with Gasteiger partial charge in [-0.15, -0.1) is 0 Å². The second-order valence-corrected chi connectivity index (χ2v) is 10.3. The van der Waals surface area contributed by atoms with Gasteiger partial charge >= 0.3 is 21.6 Å². The molecule has 1 aliphatic carbocycles. The molecule has 0 amide bonds. The lowest BCUT2D eigenvalue weighted by Gasteiger charge is -2.28. The summed E-state index contributed by atoms with van der Waals surface area (Å²) in [5.74, 6) is -0.645. The monoisotopic (exact) mass is 549 g/mol. The molecule has 0 saturated carbocycles. The van der Waals surface area contributed by atoms with Crippen LogP contribution in [0.3, 0.4) is 0 Å². The number of carbonyl (C=O) groups is 1. The molecule has 4 rings (SSSR count).